The quantitative estimate of drug-likeness (QED) is 0.479. The van der Waals surface area contributed by atoms with Crippen molar-refractivity contribution >= 4 is 11.9 Å². The van der Waals surface area contributed by atoms with Crippen LogP contribution in [0.25, 0.3) is 0 Å². The highest BCUT2D eigenvalue weighted by atomic mass is 16.7. The van der Waals surface area contributed by atoms with Gasteiger partial charge >= 0.3 is 11.9 Å². The van der Waals surface area contributed by atoms with Gasteiger partial charge in [0, 0.05) is 12.3 Å². The first-order valence-electron chi connectivity index (χ1n) is 7.63. The zero-order valence-electron chi connectivity index (χ0n) is 12.5. The van der Waals surface area contributed by atoms with Crippen LogP contribution in [0.15, 0.2) is 0 Å². The molecule has 120 valence electrons. The summed E-state index contributed by atoms with van der Waals surface area (Å²) in [5.74, 6) is -2.51. The maximum Gasteiger partial charge on any atom is 0.342 e. The molecule has 5 fully saturated rings. The number of rotatable bonds is 1. The van der Waals surface area contributed by atoms with E-state index in [4.69, 9.17) is 14.2 Å². The molecule has 0 aromatic carbocycles. The number of carbonyl (C=O) groups excluding carboxylic acids is 2. The topological polar surface area (TPSA) is 106 Å². The Hall–Kier alpha value is -1.18. The minimum Gasteiger partial charge on any atom is -0.458 e. The van der Waals surface area contributed by atoms with E-state index in [1.165, 1.54) is 0 Å². The third-order valence-corrected chi connectivity index (χ3v) is 6.85. The van der Waals surface area contributed by atoms with Crippen LogP contribution in [-0.2, 0) is 23.8 Å². The summed E-state index contributed by atoms with van der Waals surface area (Å²) in [6, 6.07) is 0. The van der Waals surface area contributed by atoms with Gasteiger partial charge in [0.15, 0.2) is 6.10 Å². The zero-order valence-corrected chi connectivity index (χ0v) is 12.5. The van der Waals surface area contributed by atoms with Crippen LogP contribution in [0.2, 0.25) is 0 Å². The van der Waals surface area contributed by atoms with E-state index in [1.54, 1.807) is 20.8 Å². The summed E-state index contributed by atoms with van der Waals surface area (Å²) in [5.41, 5.74) is -4.89. The highest BCUT2D eigenvalue weighted by Crippen LogP contribution is 2.77. The van der Waals surface area contributed by atoms with Crippen LogP contribution in [0.3, 0.4) is 0 Å². The van der Waals surface area contributed by atoms with Gasteiger partial charge in [0.1, 0.15) is 12.2 Å². The molecule has 3 heterocycles. The molecule has 7 nitrogen and oxygen atoms in total. The van der Waals surface area contributed by atoms with E-state index in [9.17, 15) is 19.8 Å². The lowest BCUT2D eigenvalue weighted by Gasteiger charge is -2.53. The van der Waals surface area contributed by atoms with Gasteiger partial charge in [0.2, 0.25) is 5.60 Å². The molecule has 1 spiro atoms. The molecular weight excluding hydrogens is 292 g/mol. The first-order valence-corrected chi connectivity index (χ1v) is 7.63. The molecule has 2 N–H and O–H groups in total. The van der Waals surface area contributed by atoms with Crippen LogP contribution < -0.4 is 0 Å². The molecular formula is C15H18O7. The molecule has 0 radical (unpaired) electrons. The van der Waals surface area contributed by atoms with Crippen molar-refractivity contribution in [2.24, 2.45) is 17.3 Å². The van der Waals surface area contributed by atoms with Gasteiger partial charge in [0.25, 0.3) is 0 Å². The van der Waals surface area contributed by atoms with Gasteiger partial charge in [-0.25, -0.2) is 4.79 Å². The number of hydrogen-bond acceptors (Lipinski definition) is 7. The van der Waals surface area contributed by atoms with Crippen molar-refractivity contribution in [3.8, 4) is 0 Å². The van der Waals surface area contributed by atoms with Gasteiger partial charge in [-0.05, 0) is 20.8 Å². The average molecular weight is 310 g/mol. The maximum absolute atomic E-state index is 12.4. The molecule has 7 heteroatoms. The molecule has 2 bridgehead atoms. The van der Waals surface area contributed by atoms with Gasteiger partial charge in [-0.15, -0.1) is 0 Å². The molecule has 3 aliphatic heterocycles. The van der Waals surface area contributed by atoms with Gasteiger partial charge in [-0.3, -0.25) is 4.79 Å². The largest absolute Gasteiger partial charge is 0.458 e. The highest BCUT2D eigenvalue weighted by Gasteiger charge is 2.95. The van der Waals surface area contributed by atoms with Gasteiger partial charge in [-0.1, -0.05) is 0 Å². The fraction of sp³-hybridized carbons (Fsp3) is 0.867. The van der Waals surface area contributed by atoms with E-state index < -0.39 is 64.3 Å². The van der Waals surface area contributed by atoms with E-state index in [2.05, 4.69) is 0 Å². The number of esters is 2. The fourth-order valence-corrected chi connectivity index (χ4v) is 5.83. The van der Waals surface area contributed by atoms with Crippen molar-refractivity contribution in [3.05, 3.63) is 0 Å². The van der Waals surface area contributed by atoms with Crippen molar-refractivity contribution in [1.29, 1.82) is 0 Å². The monoisotopic (exact) mass is 310 g/mol. The minimum absolute atomic E-state index is 0.189. The second kappa shape index (κ2) is 3.07. The number of aliphatic hydroxyl groups is 2. The standard InChI is InChI=1S/C15H18O7/c1-12(2,18)6-7-10(16)20-8(6)9-13(3)14(7,19)4-5-15(13,22-5)11(17)21-9/h5-9,18-19H,4H2,1-3H3/t5-,6-,7+,8+,9-,13-,14-,15+/m1/s1. The average Bonchev–Trinajstić information content (AvgIpc) is 2.85. The van der Waals surface area contributed by atoms with Gasteiger partial charge < -0.3 is 24.4 Å². The van der Waals surface area contributed by atoms with Crippen LogP contribution in [0.5, 0.6) is 0 Å². The molecule has 5 aliphatic rings. The van der Waals surface area contributed by atoms with Crippen molar-refractivity contribution in [2.75, 3.05) is 0 Å². The Bertz CT molecular complexity index is 638. The summed E-state index contributed by atoms with van der Waals surface area (Å²) in [6.07, 6.45) is -1.78. The zero-order chi connectivity index (χ0) is 15.9. The van der Waals surface area contributed by atoms with Crippen LogP contribution >= 0.6 is 0 Å². The van der Waals surface area contributed by atoms with Gasteiger partial charge in [-0.2, -0.15) is 0 Å². The van der Waals surface area contributed by atoms with Crippen molar-refractivity contribution in [1.82, 2.24) is 0 Å². The number of ether oxygens (including phenoxy) is 3. The molecule has 0 amide bonds. The first kappa shape index (κ1) is 13.3. The molecule has 0 aromatic heterocycles. The fourth-order valence-electron chi connectivity index (χ4n) is 5.83. The Kier molecular flexibility index (Phi) is 1.85. The van der Waals surface area contributed by atoms with E-state index in [0.29, 0.717) is 0 Å². The first-order chi connectivity index (χ1) is 10.1. The Morgan fingerprint density at radius 2 is 1.95 bits per heavy atom. The number of fused-ring (bicyclic) bond motifs is 4. The second-order valence-corrected chi connectivity index (χ2v) is 8.06. The molecule has 22 heavy (non-hydrogen) atoms. The minimum atomic E-state index is -1.47. The lowest BCUT2D eigenvalue weighted by atomic mass is 9.52. The van der Waals surface area contributed by atoms with Crippen molar-refractivity contribution in [2.45, 2.75) is 62.3 Å². The summed E-state index contributed by atoms with van der Waals surface area (Å²) < 4.78 is 16.5. The lowest BCUT2D eigenvalue weighted by molar-refractivity contribution is -0.223. The smallest absolute Gasteiger partial charge is 0.342 e. The predicted molar refractivity (Wildman–Crippen MR) is 68.3 cm³/mol. The van der Waals surface area contributed by atoms with Crippen molar-refractivity contribution in [3.63, 3.8) is 0 Å². The molecule has 0 aromatic rings. The summed E-state index contributed by atoms with van der Waals surface area (Å²) in [6.45, 7) is 4.92. The van der Waals surface area contributed by atoms with E-state index in [0.717, 1.165) is 0 Å². The van der Waals surface area contributed by atoms with Crippen molar-refractivity contribution < 1.29 is 34.0 Å². The Morgan fingerprint density at radius 1 is 1.27 bits per heavy atom. The third-order valence-electron chi connectivity index (χ3n) is 6.85. The number of hydrogen-bond donors (Lipinski definition) is 2. The van der Waals surface area contributed by atoms with E-state index in [-0.39, 0.29) is 6.42 Å². The number of carbonyl (C=O) groups is 2. The summed E-state index contributed by atoms with van der Waals surface area (Å²) in [7, 11) is 0. The lowest BCUT2D eigenvalue weighted by Crippen LogP contribution is -2.68. The highest BCUT2D eigenvalue weighted by molar-refractivity contribution is 5.91. The van der Waals surface area contributed by atoms with Crippen LogP contribution in [0.1, 0.15) is 27.2 Å². The molecule has 0 unspecified atom stereocenters. The Balaban J connectivity index is 1.76. The van der Waals surface area contributed by atoms with Crippen LogP contribution in [0.4, 0.5) is 0 Å². The second-order valence-electron chi connectivity index (χ2n) is 8.06. The SMILES string of the molecule is CC(C)(O)[C@H]1[C@@H]2OC(=O)[C@H]1[C@]1(O)C[C@H]3O[C@]34C(=O)O[C@H]2[C@]14C. The molecule has 2 saturated carbocycles. The maximum atomic E-state index is 12.4. The molecule has 2 aliphatic carbocycles. The van der Waals surface area contributed by atoms with E-state index >= 15 is 0 Å². The molecule has 5 rings (SSSR count). The molecule has 3 saturated heterocycles. The Labute approximate surface area is 126 Å². The van der Waals surface area contributed by atoms with Crippen LogP contribution in [-0.4, -0.2) is 57.3 Å². The summed E-state index contributed by atoms with van der Waals surface area (Å²) >= 11 is 0. The van der Waals surface area contributed by atoms with Crippen LogP contribution in [0, 0.1) is 17.3 Å². The van der Waals surface area contributed by atoms with E-state index in [1.807, 2.05) is 0 Å². The number of epoxide rings is 1. The third kappa shape index (κ3) is 0.962. The normalized spacial score (nSPS) is 60.7. The summed E-state index contributed by atoms with van der Waals surface area (Å²) in [5, 5.41) is 21.9. The molecule has 8 atom stereocenters. The summed E-state index contributed by atoms with van der Waals surface area (Å²) in [4.78, 5) is 24.8. The predicted octanol–water partition coefficient (Wildman–Crippen LogP) is -0.867. The Morgan fingerprint density at radius 3 is 2.59 bits per heavy atom. The van der Waals surface area contributed by atoms with Gasteiger partial charge in [0.05, 0.1) is 22.5 Å².